The number of rotatable bonds is 6. The predicted molar refractivity (Wildman–Crippen MR) is 139 cm³/mol. The van der Waals surface area contributed by atoms with Crippen LogP contribution in [-0.4, -0.2) is 24.7 Å². The highest BCUT2D eigenvalue weighted by Crippen LogP contribution is 2.46. The second-order valence-electron chi connectivity index (χ2n) is 9.47. The molecule has 1 N–H and O–H groups in total. The lowest BCUT2D eigenvalue weighted by atomic mass is 10.0. The highest BCUT2D eigenvalue weighted by Gasteiger charge is 2.34. The zero-order chi connectivity index (χ0) is 26.6. The molecule has 38 heavy (non-hydrogen) atoms. The van der Waals surface area contributed by atoms with Crippen LogP contribution in [0.2, 0.25) is 5.02 Å². The molecule has 0 atom stereocenters. The number of carbonyl (C=O) groups is 1. The zero-order valence-corrected chi connectivity index (χ0v) is 21.8. The summed E-state index contributed by atoms with van der Waals surface area (Å²) in [6.45, 7) is 2.06. The highest BCUT2D eigenvalue weighted by molar-refractivity contribution is 7.90. The van der Waals surface area contributed by atoms with Crippen LogP contribution in [0.1, 0.15) is 51.6 Å². The lowest BCUT2D eigenvalue weighted by Gasteiger charge is -2.12. The molecule has 0 bridgehead atoms. The van der Waals surface area contributed by atoms with E-state index in [-0.39, 0.29) is 34.3 Å². The summed E-state index contributed by atoms with van der Waals surface area (Å²) < 4.78 is 44.2. The monoisotopic (exact) mass is 551 g/mol. The van der Waals surface area contributed by atoms with Crippen molar-refractivity contribution in [2.24, 2.45) is 0 Å². The van der Waals surface area contributed by atoms with Gasteiger partial charge >= 0.3 is 5.97 Å². The SMILES string of the molecule is Cc1cccc(Cl)c1-c1noc(C2CC2)c1COc1ccc2c(c1)S(=O)(=O)Cc1cc(C(=O)O)ccc1O2. The third kappa shape index (κ3) is 4.41. The summed E-state index contributed by atoms with van der Waals surface area (Å²) in [5.41, 5.74) is 3.40. The number of benzene rings is 3. The van der Waals surface area contributed by atoms with Gasteiger partial charge in [-0.3, -0.25) is 0 Å². The van der Waals surface area contributed by atoms with Crippen LogP contribution in [0.5, 0.6) is 17.2 Å². The first-order chi connectivity index (χ1) is 18.2. The maximum Gasteiger partial charge on any atom is 0.335 e. The molecule has 0 unspecified atom stereocenters. The van der Waals surface area contributed by atoms with E-state index in [1.807, 2.05) is 19.1 Å². The smallest absolute Gasteiger partial charge is 0.335 e. The van der Waals surface area contributed by atoms with Gasteiger partial charge in [0.15, 0.2) is 9.84 Å². The van der Waals surface area contributed by atoms with Crippen LogP contribution in [0.25, 0.3) is 11.3 Å². The van der Waals surface area contributed by atoms with Crippen LogP contribution in [0.4, 0.5) is 0 Å². The molecule has 4 aromatic rings. The summed E-state index contributed by atoms with van der Waals surface area (Å²) in [7, 11) is -3.85. The number of fused-ring (bicyclic) bond motifs is 2. The number of hydrogen-bond donors (Lipinski definition) is 1. The number of aromatic carboxylic acids is 1. The van der Waals surface area contributed by atoms with Gasteiger partial charge in [-0.2, -0.15) is 0 Å². The van der Waals surface area contributed by atoms with Crippen molar-refractivity contribution < 1.29 is 32.3 Å². The standard InChI is InChI=1S/C28H22ClNO7S/c1-15-3-2-4-21(29)25(15)26-20(27(37-30-26)16-5-6-16)13-35-19-8-10-23-24(12-19)38(33,34)14-18-11-17(28(31)32)7-9-22(18)36-23/h2-4,7-12,16H,5-6,13-14H2,1H3,(H,31,32). The molecule has 6 rings (SSSR count). The number of ether oxygens (including phenoxy) is 2. The van der Waals surface area contributed by atoms with E-state index < -0.39 is 21.6 Å². The Morgan fingerprint density at radius 2 is 1.92 bits per heavy atom. The minimum absolute atomic E-state index is 0.0118. The van der Waals surface area contributed by atoms with Crippen LogP contribution in [0, 0.1) is 6.92 Å². The largest absolute Gasteiger partial charge is 0.489 e. The maximum absolute atomic E-state index is 13.3. The Hall–Kier alpha value is -3.82. The first-order valence-corrected chi connectivity index (χ1v) is 14.0. The Kier molecular flexibility index (Phi) is 5.92. The predicted octanol–water partition coefficient (Wildman–Crippen LogP) is 6.54. The Morgan fingerprint density at radius 1 is 1.13 bits per heavy atom. The molecule has 0 radical (unpaired) electrons. The average molecular weight is 552 g/mol. The van der Waals surface area contributed by atoms with Crippen molar-refractivity contribution in [3.63, 3.8) is 0 Å². The lowest BCUT2D eigenvalue weighted by Crippen LogP contribution is -2.05. The van der Waals surface area contributed by atoms with E-state index in [1.165, 1.54) is 30.3 Å². The zero-order valence-electron chi connectivity index (χ0n) is 20.2. The number of aryl methyl sites for hydroxylation is 1. The van der Waals surface area contributed by atoms with Gasteiger partial charge in [-0.25, -0.2) is 13.2 Å². The lowest BCUT2D eigenvalue weighted by molar-refractivity contribution is 0.0696. The summed E-state index contributed by atoms with van der Waals surface area (Å²) in [5.74, 6) is 0.265. The summed E-state index contributed by atoms with van der Waals surface area (Å²) in [5, 5.41) is 14.2. The van der Waals surface area contributed by atoms with E-state index in [1.54, 1.807) is 12.1 Å². The number of aromatic nitrogens is 1. The summed E-state index contributed by atoms with van der Waals surface area (Å²) in [4.78, 5) is 11.3. The topological polar surface area (TPSA) is 116 Å². The van der Waals surface area contributed by atoms with Crippen molar-refractivity contribution in [2.45, 2.75) is 42.9 Å². The summed E-state index contributed by atoms with van der Waals surface area (Å²) in [6, 6.07) is 14.4. The fraction of sp³-hybridized carbons (Fsp3) is 0.214. The Morgan fingerprint density at radius 3 is 2.66 bits per heavy atom. The van der Waals surface area contributed by atoms with Gasteiger partial charge in [0, 0.05) is 23.1 Å². The van der Waals surface area contributed by atoms with Crippen LogP contribution in [0.15, 0.2) is 64.0 Å². The van der Waals surface area contributed by atoms with Gasteiger partial charge in [0.2, 0.25) is 0 Å². The molecule has 2 aliphatic rings. The molecule has 1 fully saturated rings. The van der Waals surface area contributed by atoms with Gasteiger partial charge < -0.3 is 19.1 Å². The van der Waals surface area contributed by atoms with Crippen molar-refractivity contribution in [1.82, 2.24) is 5.16 Å². The van der Waals surface area contributed by atoms with Gasteiger partial charge in [-0.15, -0.1) is 0 Å². The van der Waals surface area contributed by atoms with E-state index in [4.69, 9.17) is 25.6 Å². The molecule has 1 aliphatic carbocycles. The molecule has 1 aromatic heterocycles. The highest BCUT2D eigenvalue weighted by atomic mass is 35.5. The minimum Gasteiger partial charge on any atom is -0.489 e. The first kappa shape index (κ1) is 24.5. The minimum atomic E-state index is -3.85. The van der Waals surface area contributed by atoms with Gasteiger partial charge in [0.25, 0.3) is 0 Å². The van der Waals surface area contributed by atoms with E-state index in [0.717, 1.165) is 35.3 Å². The first-order valence-electron chi connectivity index (χ1n) is 12.0. The summed E-state index contributed by atoms with van der Waals surface area (Å²) in [6.07, 6.45) is 2.00. The van der Waals surface area contributed by atoms with Crippen molar-refractivity contribution in [3.05, 3.63) is 87.6 Å². The average Bonchev–Trinajstić information content (AvgIpc) is 3.65. The molecule has 194 valence electrons. The van der Waals surface area contributed by atoms with Crippen molar-refractivity contribution >= 4 is 27.4 Å². The van der Waals surface area contributed by atoms with Gasteiger partial charge in [0.05, 0.1) is 21.9 Å². The van der Waals surface area contributed by atoms with E-state index in [2.05, 4.69) is 5.16 Å². The van der Waals surface area contributed by atoms with E-state index >= 15 is 0 Å². The van der Waals surface area contributed by atoms with Crippen LogP contribution < -0.4 is 9.47 Å². The molecule has 1 saturated carbocycles. The van der Waals surface area contributed by atoms with Crippen molar-refractivity contribution in [2.75, 3.05) is 0 Å². The van der Waals surface area contributed by atoms with Crippen molar-refractivity contribution in [3.8, 4) is 28.5 Å². The fourth-order valence-electron chi connectivity index (χ4n) is 4.64. The third-order valence-electron chi connectivity index (χ3n) is 6.73. The quantitative estimate of drug-likeness (QED) is 0.287. The number of carboxylic acid groups (broad SMARTS) is 1. The number of sulfone groups is 1. The van der Waals surface area contributed by atoms with E-state index in [0.29, 0.717) is 22.2 Å². The molecule has 3 aromatic carbocycles. The van der Waals surface area contributed by atoms with Gasteiger partial charge in [-0.05, 0) is 61.7 Å². The van der Waals surface area contributed by atoms with Crippen LogP contribution in [-0.2, 0) is 22.2 Å². The van der Waals surface area contributed by atoms with Gasteiger partial charge in [0.1, 0.15) is 40.2 Å². The number of hydrogen-bond acceptors (Lipinski definition) is 7. The Balaban J connectivity index is 1.32. The Bertz CT molecular complexity index is 1690. The molecule has 10 heteroatoms. The van der Waals surface area contributed by atoms with Crippen molar-refractivity contribution in [1.29, 1.82) is 0 Å². The van der Waals surface area contributed by atoms with Crippen LogP contribution in [0.3, 0.4) is 0 Å². The summed E-state index contributed by atoms with van der Waals surface area (Å²) >= 11 is 6.51. The third-order valence-corrected chi connectivity index (χ3v) is 8.73. The molecule has 8 nitrogen and oxygen atoms in total. The fourth-order valence-corrected chi connectivity index (χ4v) is 6.46. The molecular formula is C28H22ClNO7S. The maximum atomic E-state index is 13.3. The normalized spacial score (nSPS) is 15.6. The second kappa shape index (κ2) is 9.18. The molecule has 0 spiro atoms. The second-order valence-corrected chi connectivity index (χ2v) is 11.8. The molecular weight excluding hydrogens is 530 g/mol. The molecule has 0 amide bonds. The Labute approximate surface area is 223 Å². The number of halogens is 1. The van der Waals surface area contributed by atoms with Crippen LogP contribution >= 0.6 is 11.6 Å². The molecule has 2 heterocycles. The van der Waals surface area contributed by atoms with Gasteiger partial charge in [-0.1, -0.05) is 28.9 Å². The molecule has 1 aliphatic heterocycles. The number of carboxylic acids is 1. The van der Waals surface area contributed by atoms with E-state index in [9.17, 15) is 18.3 Å². The number of nitrogens with zero attached hydrogens (tertiary/aromatic N) is 1. The molecule has 0 saturated heterocycles.